The molecule has 4 rings (SSSR count). The highest BCUT2D eigenvalue weighted by atomic mass is 32.1. The van der Waals surface area contributed by atoms with E-state index in [0.29, 0.717) is 23.5 Å². The number of benzene rings is 3. The van der Waals surface area contributed by atoms with Crippen LogP contribution in [0.2, 0.25) is 0 Å². The Labute approximate surface area is 241 Å². The number of rotatable bonds is 12. The molecular weight excluding hydrogens is 545 g/mol. The fourth-order valence-electron chi connectivity index (χ4n) is 3.97. The zero-order chi connectivity index (χ0) is 29.5. The lowest BCUT2D eigenvalue weighted by Crippen LogP contribution is -2.39. The Kier molecular flexibility index (Phi) is 9.30. The highest BCUT2D eigenvalue weighted by Crippen LogP contribution is 2.36. The maximum atomic E-state index is 13.5. The largest absolute Gasteiger partial charge is 0.484 e. The smallest absolute Gasteiger partial charge is 0.260 e. The Balaban J connectivity index is 1.41. The Morgan fingerprint density at radius 1 is 1.00 bits per heavy atom. The summed E-state index contributed by atoms with van der Waals surface area (Å²) in [5.74, 6) is -1.19. The molecule has 11 heteroatoms. The summed E-state index contributed by atoms with van der Waals surface area (Å²) >= 11 is 0.997. The number of aromatic nitrogens is 1. The van der Waals surface area contributed by atoms with Crippen molar-refractivity contribution in [3.05, 3.63) is 101 Å². The third-order valence-electron chi connectivity index (χ3n) is 6.44. The van der Waals surface area contributed by atoms with Crippen LogP contribution in [0.25, 0.3) is 0 Å². The van der Waals surface area contributed by atoms with Crippen LogP contribution in [0.5, 0.6) is 5.75 Å². The molecule has 1 atom stereocenters. The minimum Gasteiger partial charge on any atom is -0.484 e. The quantitative estimate of drug-likeness (QED) is 0.242. The molecule has 2 amide bonds. The van der Waals surface area contributed by atoms with E-state index in [2.05, 4.69) is 4.98 Å². The molecule has 0 spiro atoms. The van der Waals surface area contributed by atoms with Crippen molar-refractivity contribution in [2.45, 2.75) is 19.4 Å². The van der Waals surface area contributed by atoms with Crippen molar-refractivity contribution in [3.8, 4) is 5.75 Å². The second-order valence-electron chi connectivity index (χ2n) is 9.33. The van der Waals surface area contributed by atoms with Crippen molar-refractivity contribution in [3.63, 3.8) is 0 Å². The van der Waals surface area contributed by atoms with Gasteiger partial charge in [-0.1, -0.05) is 41.7 Å². The summed E-state index contributed by atoms with van der Waals surface area (Å²) < 4.78 is 19.1. The Bertz CT molecular complexity index is 1510. The molecule has 0 aliphatic rings. The molecule has 1 aromatic heterocycles. The molecule has 41 heavy (non-hydrogen) atoms. The lowest BCUT2D eigenvalue weighted by molar-refractivity contribution is -0.132. The average Bonchev–Trinajstić information content (AvgIpc) is 3.36. The summed E-state index contributed by atoms with van der Waals surface area (Å²) in [6.07, 6.45) is 0.741. The summed E-state index contributed by atoms with van der Waals surface area (Å²) in [5, 5.41) is 0.263. The van der Waals surface area contributed by atoms with Gasteiger partial charge in [0.15, 0.2) is 11.7 Å². The Hall–Kier alpha value is -4.77. The third-order valence-corrected chi connectivity index (χ3v) is 7.51. The van der Waals surface area contributed by atoms with Crippen LogP contribution in [0.4, 0.5) is 21.0 Å². The summed E-state index contributed by atoms with van der Waals surface area (Å²) in [5.41, 5.74) is 13.6. The van der Waals surface area contributed by atoms with E-state index in [1.165, 1.54) is 29.2 Å². The number of hydrogen-bond acceptors (Lipinski definition) is 8. The van der Waals surface area contributed by atoms with E-state index in [1.54, 1.807) is 43.1 Å². The first kappa shape index (κ1) is 29.2. The Morgan fingerprint density at radius 2 is 1.66 bits per heavy atom. The number of thiazole rings is 1. The number of carbonyl (C=O) groups is 3. The topological polar surface area (TPSA) is 132 Å². The van der Waals surface area contributed by atoms with Crippen molar-refractivity contribution >= 4 is 45.6 Å². The third kappa shape index (κ3) is 7.25. The van der Waals surface area contributed by atoms with Gasteiger partial charge in [-0.2, -0.15) is 0 Å². The van der Waals surface area contributed by atoms with Gasteiger partial charge >= 0.3 is 0 Å². The molecule has 1 unspecified atom stereocenters. The first-order valence-corrected chi connectivity index (χ1v) is 13.6. The molecule has 0 fully saturated rings. The van der Waals surface area contributed by atoms with Gasteiger partial charge in [-0.05, 0) is 67.4 Å². The number of carbonyl (C=O) groups excluding carboxylic acids is 3. The van der Waals surface area contributed by atoms with E-state index in [0.717, 1.165) is 23.3 Å². The van der Waals surface area contributed by atoms with Crippen molar-refractivity contribution in [2.75, 3.05) is 30.8 Å². The molecule has 0 saturated carbocycles. The van der Waals surface area contributed by atoms with Crippen LogP contribution in [-0.4, -0.2) is 53.7 Å². The van der Waals surface area contributed by atoms with Crippen LogP contribution in [-0.2, 0) is 16.0 Å². The number of anilines is 3. The number of primary amides is 1. The van der Waals surface area contributed by atoms with Crippen LogP contribution >= 0.6 is 11.3 Å². The molecule has 0 aliphatic carbocycles. The average molecular weight is 576 g/mol. The van der Waals surface area contributed by atoms with E-state index < -0.39 is 17.8 Å². The van der Waals surface area contributed by atoms with Gasteiger partial charge in [-0.15, -0.1) is 0 Å². The van der Waals surface area contributed by atoms with Crippen molar-refractivity contribution < 1.29 is 23.5 Å². The lowest BCUT2D eigenvalue weighted by atomic mass is 10.1. The van der Waals surface area contributed by atoms with Crippen LogP contribution in [0.1, 0.15) is 27.7 Å². The van der Waals surface area contributed by atoms with Crippen LogP contribution in [0, 0.1) is 5.82 Å². The summed E-state index contributed by atoms with van der Waals surface area (Å²) in [6.45, 7) is 2.00. The van der Waals surface area contributed by atoms with E-state index >= 15 is 0 Å². The maximum absolute atomic E-state index is 13.5. The number of likely N-dealkylation sites (N-methyl/N-ethyl adjacent to an activating group) is 1. The van der Waals surface area contributed by atoms with Crippen LogP contribution in [0.15, 0.2) is 78.9 Å². The van der Waals surface area contributed by atoms with E-state index in [4.69, 9.17) is 16.2 Å². The van der Waals surface area contributed by atoms with Crippen LogP contribution in [0.3, 0.4) is 0 Å². The molecule has 4 aromatic rings. The standard InChI is InChI=1S/C30H30FN5O4S/c1-19(29(33)39)36(23-12-10-22(31)11-13-23)30-34-28(32)27(41-30)26(38)21-8-14-24(15-9-21)40-18-25(37)35(2)17-16-20-6-4-3-5-7-20/h3-15,19H,16-18,32H2,1-2H3,(H2,33,39). The van der Waals surface area contributed by atoms with Gasteiger partial charge < -0.3 is 26.0 Å². The lowest BCUT2D eigenvalue weighted by Gasteiger charge is -2.26. The van der Waals surface area contributed by atoms with Gasteiger partial charge in [0.1, 0.15) is 28.3 Å². The number of ether oxygens (including phenoxy) is 1. The number of nitrogens with zero attached hydrogens (tertiary/aromatic N) is 3. The molecule has 0 saturated heterocycles. The molecule has 0 bridgehead atoms. The predicted molar refractivity (Wildman–Crippen MR) is 157 cm³/mol. The van der Waals surface area contributed by atoms with Crippen LogP contribution < -0.4 is 21.1 Å². The number of hydrogen-bond donors (Lipinski definition) is 2. The van der Waals surface area contributed by atoms with Crippen molar-refractivity contribution in [1.82, 2.24) is 9.88 Å². The summed E-state index contributed by atoms with van der Waals surface area (Å²) in [6, 6.07) is 20.9. The first-order chi connectivity index (χ1) is 19.6. The van der Waals surface area contributed by atoms with Crippen molar-refractivity contribution in [1.29, 1.82) is 0 Å². The zero-order valence-corrected chi connectivity index (χ0v) is 23.4. The molecule has 212 valence electrons. The number of nitrogens with two attached hydrogens (primary N) is 2. The molecule has 3 aromatic carbocycles. The highest BCUT2D eigenvalue weighted by molar-refractivity contribution is 7.18. The summed E-state index contributed by atoms with van der Waals surface area (Å²) in [7, 11) is 1.73. The van der Waals surface area contributed by atoms with Gasteiger partial charge in [0.05, 0.1) is 0 Å². The first-order valence-electron chi connectivity index (χ1n) is 12.8. The van der Waals surface area contributed by atoms with E-state index in [-0.39, 0.29) is 34.1 Å². The van der Waals surface area contributed by atoms with E-state index in [9.17, 15) is 18.8 Å². The van der Waals surface area contributed by atoms with Crippen molar-refractivity contribution in [2.24, 2.45) is 5.73 Å². The molecule has 4 N–H and O–H groups in total. The number of nitrogen functional groups attached to an aromatic ring is 1. The number of amides is 2. The normalized spacial score (nSPS) is 11.5. The highest BCUT2D eigenvalue weighted by Gasteiger charge is 2.27. The number of halogens is 1. The minimum atomic E-state index is -0.842. The number of ketones is 1. The maximum Gasteiger partial charge on any atom is 0.260 e. The molecule has 9 nitrogen and oxygen atoms in total. The van der Waals surface area contributed by atoms with Gasteiger partial charge in [0.25, 0.3) is 5.91 Å². The monoisotopic (exact) mass is 575 g/mol. The molecule has 0 aliphatic heterocycles. The molecule has 0 radical (unpaired) electrons. The molecular formula is C30H30FN5O4S. The fraction of sp³-hybridized carbons (Fsp3) is 0.200. The fourth-order valence-corrected chi connectivity index (χ4v) is 5.02. The predicted octanol–water partition coefficient (Wildman–Crippen LogP) is 4.19. The Morgan fingerprint density at radius 3 is 2.29 bits per heavy atom. The van der Waals surface area contributed by atoms with Gasteiger partial charge in [-0.3, -0.25) is 14.4 Å². The van der Waals surface area contributed by atoms with Gasteiger partial charge in [-0.25, -0.2) is 9.37 Å². The zero-order valence-electron chi connectivity index (χ0n) is 22.6. The minimum absolute atomic E-state index is 0.0109. The van der Waals surface area contributed by atoms with E-state index in [1.807, 2.05) is 30.3 Å². The van der Waals surface area contributed by atoms with Gasteiger partial charge in [0, 0.05) is 24.8 Å². The molecule has 1 heterocycles. The van der Waals surface area contributed by atoms with Gasteiger partial charge in [0.2, 0.25) is 11.7 Å². The second-order valence-corrected chi connectivity index (χ2v) is 10.3. The summed E-state index contributed by atoms with van der Waals surface area (Å²) in [4.78, 5) is 45.4. The second kappa shape index (κ2) is 13.1. The SMILES string of the molecule is CC(C(N)=O)N(c1ccc(F)cc1)c1nc(N)c(C(=O)c2ccc(OCC(=O)N(C)CCc3ccccc3)cc2)s1.